The van der Waals surface area contributed by atoms with E-state index in [0.717, 1.165) is 11.3 Å². The van der Waals surface area contributed by atoms with E-state index in [-0.39, 0.29) is 22.3 Å². The monoisotopic (exact) mass is 521 g/mol. The zero-order valence-corrected chi connectivity index (χ0v) is 18.7. The Morgan fingerprint density at radius 1 is 1.40 bits per heavy atom. The second-order valence-corrected chi connectivity index (χ2v) is 10.3. The topological polar surface area (TPSA) is 185 Å². The number of aromatic nitrogens is 1. The number of amides is 2. The van der Waals surface area contributed by atoms with Crippen LogP contribution in [0.15, 0.2) is 8.94 Å². The van der Waals surface area contributed by atoms with Crippen molar-refractivity contribution < 1.29 is 34.2 Å². The molecule has 0 spiro atoms. The second kappa shape index (κ2) is 8.03. The highest BCUT2D eigenvalue weighted by Gasteiger charge is 2.57. The van der Waals surface area contributed by atoms with Crippen LogP contribution in [0.1, 0.15) is 19.5 Å². The molecule has 15 heteroatoms. The number of nitrogens with zero attached hydrogens (tertiary/aromatic N) is 3. The molecule has 5 N–H and O–H groups in total. The Kier molecular flexibility index (Phi) is 5.97. The average Bonchev–Trinajstić information content (AvgIpc) is 3.20. The van der Waals surface area contributed by atoms with E-state index in [1.807, 2.05) is 0 Å². The summed E-state index contributed by atoms with van der Waals surface area (Å²) in [5, 5.41) is 24.1. The van der Waals surface area contributed by atoms with Gasteiger partial charge in [0.25, 0.3) is 5.91 Å². The molecule has 30 heavy (non-hydrogen) atoms. The Labute approximate surface area is 185 Å². The van der Waals surface area contributed by atoms with Crippen LogP contribution in [0, 0.1) is 0 Å². The summed E-state index contributed by atoms with van der Waals surface area (Å²) in [5.74, 6) is -3.59. The Bertz CT molecular complexity index is 965. The van der Waals surface area contributed by atoms with E-state index in [4.69, 9.17) is 10.6 Å². The molecule has 0 bridgehead atoms. The molecule has 2 amide bonds. The normalized spacial score (nSPS) is 23.6. The molecule has 3 atom stereocenters. The number of β-lactam (4-membered cyclic amide) rings is 1. The number of rotatable bonds is 7. The third kappa shape index (κ3) is 3.96. The van der Waals surface area contributed by atoms with Crippen LogP contribution in [0.4, 0.5) is 5.13 Å². The van der Waals surface area contributed by atoms with Crippen LogP contribution in [0.5, 0.6) is 0 Å². The van der Waals surface area contributed by atoms with Crippen LogP contribution in [0.2, 0.25) is 0 Å². The number of hydrogen-bond acceptors (Lipinski definition) is 10. The van der Waals surface area contributed by atoms with Gasteiger partial charge >= 0.3 is 11.9 Å². The van der Waals surface area contributed by atoms with Crippen LogP contribution in [0.3, 0.4) is 0 Å². The number of aliphatic carboxylic acids is 2. The number of thiazole rings is 1. The van der Waals surface area contributed by atoms with Crippen molar-refractivity contribution >= 4 is 73.6 Å². The predicted octanol–water partition coefficient (Wildman–Crippen LogP) is -0.0752. The number of oxime groups is 1. The van der Waals surface area contributed by atoms with Crippen LogP contribution >= 0.6 is 39.0 Å². The van der Waals surface area contributed by atoms with Crippen LogP contribution in [0.25, 0.3) is 0 Å². The minimum atomic E-state index is -1.74. The molecule has 2 unspecified atom stereocenters. The van der Waals surface area contributed by atoms with E-state index in [2.05, 4.69) is 31.4 Å². The summed E-state index contributed by atoms with van der Waals surface area (Å²) in [6.07, 6.45) is 0. The molecule has 162 valence electrons. The summed E-state index contributed by atoms with van der Waals surface area (Å²) in [6, 6.07) is -1.90. The molecule has 1 aromatic heterocycles. The maximum absolute atomic E-state index is 12.9. The molecule has 0 saturated carbocycles. The summed E-state index contributed by atoms with van der Waals surface area (Å²) >= 11 is 5.47. The zero-order valence-electron chi connectivity index (χ0n) is 15.5. The number of carboxylic acids is 2. The number of carbonyl (C=O) groups excluding carboxylic acids is 2. The van der Waals surface area contributed by atoms with Crippen LogP contribution in [-0.2, 0) is 24.0 Å². The van der Waals surface area contributed by atoms with Gasteiger partial charge in [-0.3, -0.25) is 9.59 Å². The van der Waals surface area contributed by atoms with Crippen molar-refractivity contribution in [1.82, 2.24) is 15.2 Å². The van der Waals surface area contributed by atoms with Gasteiger partial charge in [0.15, 0.2) is 10.8 Å². The summed E-state index contributed by atoms with van der Waals surface area (Å²) in [7, 11) is 0. The molecule has 3 heterocycles. The van der Waals surface area contributed by atoms with Gasteiger partial charge in [0, 0.05) is 5.75 Å². The fourth-order valence-electron chi connectivity index (χ4n) is 2.65. The largest absolute Gasteiger partial charge is 0.480 e. The number of thioether (sulfide) groups is 1. The van der Waals surface area contributed by atoms with Gasteiger partial charge in [-0.15, -0.1) is 11.8 Å². The number of nitrogens with two attached hydrogens (primary N) is 1. The van der Waals surface area contributed by atoms with E-state index in [0.29, 0.717) is 3.79 Å². The van der Waals surface area contributed by atoms with Crippen molar-refractivity contribution in [2.45, 2.75) is 36.9 Å². The lowest BCUT2D eigenvalue weighted by molar-refractivity contribution is -0.161. The standard InChI is InChI=1S/C15H16BrN5O7S2/c1-15(2,13(26)27)28-20-6(5-8(16)30-14(17)19-5)9(22)18-7-10(23)21-4(12(24)25)3-29-11(7)21/h4,7,11H,3H2,1-2H3,(H2,17,19)(H,18,22)(H,24,25)(H,26,27)/b20-6-/t4?,7?,11-/m1/s1. The maximum atomic E-state index is 12.9. The summed E-state index contributed by atoms with van der Waals surface area (Å²) < 4.78 is 0.355. The molecule has 2 aliphatic rings. The van der Waals surface area contributed by atoms with Gasteiger partial charge in [0.05, 0.1) is 0 Å². The van der Waals surface area contributed by atoms with Gasteiger partial charge < -0.3 is 31.0 Å². The van der Waals surface area contributed by atoms with Crippen molar-refractivity contribution in [3.63, 3.8) is 0 Å². The third-order valence-corrected chi connectivity index (χ3v) is 7.22. The first-order chi connectivity index (χ1) is 13.9. The first-order valence-electron chi connectivity index (χ1n) is 8.33. The maximum Gasteiger partial charge on any atom is 0.350 e. The number of fused-ring (bicyclic) bond motifs is 1. The summed E-state index contributed by atoms with van der Waals surface area (Å²) in [6.45, 7) is 2.49. The lowest BCUT2D eigenvalue weighted by Gasteiger charge is -2.43. The van der Waals surface area contributed by atoms with Gasteiger partial charge in [-0.2, -0.15) is 0 Å². The highest BCUT2D eigenvalue weighted by Crippen LogP contribution is 2.39. The minimum absolute atomic E-state index is 0.0160. The zero-order chi connectivity index (χ0) is 22.4. The molecule has 1 aromatic rings. The Morgan fingerprint density at radius 3 is 2.60 bits per heavy atom. The van der Waals surface area contributed by atoms with E-state index in [1.165, 1.54) is 30.5 Å². The van der Waals surface area contributed by atoms with Gasteiger partial charge in [-0.25, -0.2) is 14.6 Å². The van der Waals surface area contributed by atoms with Gasteiger partial charge in [-0.05, 0) is 29.8 Å². The number of carboxylic acid groups (broad SMARTS) is 2. The van der Waals surface area contributed by atoms with Crippen molar-refractivity contribution in [2.24, 2.45) is 5.16 Å². The minimum Gasteiger partial charge on any atom is -0.480 e. The molecule has 2 aliphatic heterocycles. The number of anilines is 1. The van der Waals surface area contributed by atoms with Crippen molar-refractivity contribution in [3.05, 3.63) is 9.48 Å². The van der Waals surface area contributed by atoms with Gasteiger partial charge in [-0.1, -0.05) is 16.5 Å². The van der Waals surface area contributed by atoms with E-state index in [9.17, 15) is 29.4 Å². The molecule has 0 aliphatic carbocycles. The summed E-state index contributed by atoms with van der Waals surface area (Å²) in [5.41, 5.74) is 3.56. The lowest BCUT2D eigenvalue weighted by atomic mass is 10.0. The molecule has 3 rings (SSSR count). The van der Waals surface area contributed by atoms with E-state index >= 15 is 0 Å². The molecular formula is C15H16BrN5O7S2. The van der Waals surface area contributed by atoms with Gasteiger partial charge in [0.1, 0.15) is 26.9 Å². The highest BCUT2D eigenvalue weighted by molar-refractivity contribution is 9.11. The Hall–Kier alpha value is -2.39. The first kappa shape index (κ1) is 22.3. The van der Waals surface area contributed by atoms with Crippen LogP contribution in [-0.4, -0.2) is 78.4 Å². The molecular weight excluding hydrogens is 506 g/mol. The SMILES string of the molecule is CC(C)(O/N=C(\C(=O)NC1C(=O)N2C(C(=O)O)CS[C@H]12)c1nc(N)sc1Br)C(=O)O. The second-order valence-electron chi connectivity index (χ2n) is 6.80. The first-order valence-corrected chi connectivity index (χ1v) is 11.0. The molecule has 2 saturated heterocycles. The Morgan fingerprint density at radius 2 is 2.07 bits per heavy atom. The molecule has 0 radical (unpaired) electrons. The molecule has 0 aromatic carbocycles. The number of carbonyl (C=O) groups is 4. The smallest absolute Gasteiger partial charge is 0.350 e. The highest BCUT2D eigenvalue weighted by atomic mass is 79.9. The quantitative estimate of drug-likeness (QED) is 0.215. The fourth-order valence-corrected chi connectivity index (χ4v) is 5.46. The van der Waals surface area contributed by atoms with E-state index < -0.39 is 46.8 Å². The van der Waals surface area contributed by atoms with Crippen molar-refractivity contribution in [1.29, 1.82) is 0 Å². The number of hydrogen-bond donors (Lipinski definition) is 4. The number of halogens is 1. The van der Waals surface area contributed by atoms with Gasteiger partial charge in [0.2, 0.25) is 11.5 Å². The summed E-state index contributed by atoms with van der Waals surface area (Å²) in [4.78, 5) is 58.0. The van der Waals surface area contributed by atoms with E-state index in [1.54, 1.807) is 0 Å². The third-order valence-electron chi connectivity index (χ3n) is 4.33. The molecule has 12 nitrogen and oxygen atoms in total. The van der Waals surface area contributed by atoms with Crippen LogP contribution < -0.4 is 11.1 Å². The van der Waals surface area contributed by atoms with Crippen molar-refractivity contribution in [3.8, 4) is 0 Å². The number of nitrogen functional groups attached to an aromatic ring is 1. The lowest BCUT2D eigenvalue weighted by Crippen LogP contribution is -2.70. The average molecular weight is 522 g/mol. The van der Waals surface area contributed by atoms with Crippen molar-refractivity contribution in [2.75, 3.05) is 11.5 Å². The molecule has 2 fully saturated rings. The predicted molar refractivity (Wildman–Crippen MR) is 110 cm³/mol. The Balaban J connectivity index is 1.83. The fraction of sp³-hybridized carbons (Fsp3) is 0.467. The number of nitrogens with one attached hydrogen (secondary N) is 1.